The van der Waals surface area contributed by atoms with Gasteiger partial charge in [-0.1, -0.05) is 18.2 Å². The first-order valence-electron chi connectivity index (χ1n) is 5.70. The van der Waals surface area contributed by atoms with E-state index in [1.54, 1.807) is 37.3 Å². The van der Waals surface area contributed by atoms with Crippen LogP contribution in [0.5, 0.6) is 0 Å². The smallest absolute Gasteiger partial charge is 0.335 e. The number of aromatic carboxylic acids is 1. The van der Waals surface area contributed by atoms with Crippen LogP contribution in [0.1, 0.15) is 34.8 Å². The first-order valence-corrected chi connectivity index (χ1v) is 5.70. The van der Waals surface area contributed by atoms with E-state index in [1.807, 2.05) is 6.92 Å². The van der Waals surface area contributed by atoms with Crippen molar-refractivity contribution < 1.29 is 19.4 Å². The molecule has 0 heterocycles. The zero-order chi connectivity index (χ0) is 13.5. The van der Waals surface area contributed by atoms with Gasteiger partial charge in [-0.3, -0.25) is 4.79 Å². The molecule has 96 valence electrons. The highest BCUT2D eigenvalue weighted by Crippen LogP contribution is 2.13. The summed E-state index contributed by atoms with van der Waals surface area (Å²) >= 11 is 0. The third-order valence-corrected chi connectivity index (χ3v) is 2.40. The predicted octanol–water partition coefficient (Wildman–Crippen LogP) is 2.66. The minimum absolute atomic E-state index is 0.216. The van der Waals surface area contributed by atoms with E-state index >= 15 is 0 Å². The Balaban J connectivity index is 2.71. The number of carbonyl (C=O) groups excluding carboxylic acids is 1. The molecule has 0 aromatic heterocycles. The Morgan fingerprint density at radius 3 is 2.67 bits per heavy atom. The molecule has 0 saturated carbocycles. The summed E-state index contributed by atoms with van der Waals surface area (Å²) in [5.41, 5.74) is 2.01. The van der Waals surface area contributed by atoms with Gasteiger partial charge in [-0.15, -0.1) is 0 Å². The average Bonchev–Trinajstić information content (AvgIpc) is 2.31. The second-order valence-electron chi connectivity index (χ2n) is 3.79. The molecule has 0 radical (unpaired) electrons. The highest BCUT2D eigenvalue weighted by Gasteiger charge is 2.04. The molecule has 0 saturated heterocycles. The maximum absolute atomic E-state index is 11.1. The largest absolute Gasteiger partial charge is 0.478 e. The summed E-state index contributed by atoms with van der Waals surface area (Å²) in [6.07, 6.45) is 3.71. The molecule has 18 heavy (non-hydrogen) atoms. The van der Waals surface area contributed by atoms with Crippen molar-refractivity contribution in [1.82, 2.24) is 0 Å². The molecule has 0 bridgehead atoms. The van der Waals surface area contributed by atoms with Crippen LogP contribution in [-0.2, 0) is 9.53 Å². The lowest BCUT2D eigenvalue weighted by Crippen LogP contribution is -2.01. The number of carboxylic acids is 1. The Kier molecular flexibility index (Phi) is 5.11. The highest BCUT2D eigenvalue weighted by molar-refractivity contribution is 5.88. The molecule has 1 aromatic rings. The maximum Gasteiger partial charge on any atom is 0.335 e. The lowest BCUT2D eigenvalue weighted by atomic mass is 10.0. The van der Waals surface area contributed by atoms with Gasteiger partial charge in [0.1, 0.15) is 0 Å². The molecule has 0 atom stereocenters. The second kappa shape index (κ2) is 6.59. The van der Waals surface area contributed by atoms with Crippen LogP contribution in [0, 0.1) is 6.92 Å². The molecule has 1 aromatic carbocycles. The standard InChI is InChI=1S/C14H16O4/c1-3-18-13(15)6-4-5-11-7-8-12(14(16)17)9-10(11)2/h4-5,7-9H,3,6H2,1-2H3,(H,16,17). The van der Waals surface area contributed by atoms with Crippen LogP contribution in [0.15, 0.2) is 24.3 Å². The van der Waals surface area contributed by atoms with Gasteiger partial charge in [0, 0.05) is 0 Å². The number of hydrogen-bond acceptors (Lipinski definition) is 3. The molecule has 4 nitrogen and oxygen atoms in total. The van der Waals surface area contributed by atoms with Gasteiger partial charge in [0.2, 0.25) is 0 Å². The maximum atomic E-state index is 11.1. The molecular formula is C14H16O4. The van der Waals surface area contributed by atoms with Crippen LogP contribution in [0.3, 0.4) is 0 Å². The summed E-state index contributed by atoms with van der Waals surface area (Å²) in [5, 5.41) is 8.83. The number of rotatable bonds is 5. The third-order valence-electron chi connectivity index (χ3n) is 2.40. The average molecular weight is 248 g/mol. The molecule has 0 aliphatic heterocycles. The quantitative estimate of drug-likeness (QED) is 0.814. The van der Waals surface area contributed by atoms with Crippen molar-refractivity contribution in [3.63, 3.8) is 0 Å². The minimum atomic E-state index is -0.944. The van der Waals surface area contributed by atoms with E-state index in [0.29, 0.717) is 6.61 Å². The number of carboxylic acid groups (broad SMARTS) is 1. The fourth-order valence-electron chi connectivity index (χ4n) is 1.50. The van der Waals surface area contributed by atoms with Gasteiger partial charge in [0.25, 0.3) is 0 Å². The summed E-state index contributed by atoms with van der Waals surface area (Å²) in [6, 6.07) is 4.87. The van der Waals surface area contributed by atoms with Crippen LogP contribution >= 0.6 is 0 Å². The van der Waals surface area contributed by atoms with Crippen LogP contribution in [0.2, 0.25) is 0 Å². The fourth-order valence-corrected chi connectivity index (χ4v) is 1.50. The summed E-state index contributed by atoms with van der Waals surface area (Å²) in [6.45, 7) is 3.96. The second-order valence-corrected chi connectivity index (χ2v) is 3.79. The molecule has 1 N–H and O–H groups in total. The zero-order valence-corrected chi connectivity index (χ0v) is 10.5. The van der Waals surface area contributed by atoms with E-state index in [-0.39, 0.29) is 18.0 Å². The minimum Gasteiger partial charge on any atom is -0.478 e. The van der Waals surface area contributed by atoms with Gasteiger partial charge in [-0.25, -0.2) is 4.79 Å². The number of aryl methyl sites for hydroxylation is 1. The van der Waals surface area contributed by atoms with E-state index in [9.17, 15) is 9.59 Å². The summed E-state index contributed by atoms with van der Waals surface area (Å²) in [5.74, 6) is -1.21. The number of hydrogen-bond donors (Lipinski definition) is 1. The Morgan fingerprint density at radius 1 is 1.39 bits per heavy atom. The Labute approximate surface area is 106 Å². The van der Waals surface area contributed by atoms with Gasteiger partial charge < -0.3 is 9.84 Å². The van der Waals surface area contributed by atoms with Gasteiger partial charge in [-0.05, 0) is 37.1 Å². The van der Waals surface area contributed by atoms with E-state index in [1.165, 1.54) is 0 Å². The van der Waals surface area contributed by atoms with Crippen LogP contribution < -0.4 is 0 Å². The first kappa shape index (κ1) is 14.0. The Hall–Kier alpha value is -2.10. The Bertz CT molecular complexity index is 475. The van der Waals surface area contributed by atoms with Crippen molar-refractivity contribution in [1.29, 1.82) is 0 Å². The van der Waals surface area contributed by atoms with Crippen LogP contribution in [-0.4, -0.2) is 23.7 Å². The molecule has 4 heteroatoms. The van der Waals surface area contributed by atoms with Crippen LogP contribution in [0.25, 0.3) is 6.08 Å². The van der Waals surface area contributed by atoms with E-state index in [4.69, 9.17) is 9.84 Å². The van der Waals surface area contributed by atoms with Crippen molar-refractivity contribution in [2.45, 2.75) is 20.3 Å². The highest BCUT2D eigenvalue weighted by atomic mass is 16.5. The summed E-state index contributed by atoms with van der Waals surface area (Å²) in [7, 11) is 0. The third kappa shape index (κ3) is 4.05. The van der Waals surface area contributed by atoms with Crippen molar-refractivity contribution in [3.8, 4) is 0 Å². The lowest BCUT2D eigenvalue weighted by Gasteiger charge is -2.02. The number of esters is 1. The number of ether oxygens (including phenoxy) is 1. The van der Waals surface area contributed by atoms with E-state index in [0.717, 1.165) is 11.1 Å². The molecular weight excluding hydrogens is 232 g/mol. The molecule has 0 aliphatic rings. The van der Waals surface area contributed by atoms with Crippen molar-refractivity contribution in [2.75, 3.05) is 6.61 Å². The van der Waals surface area contributed by atoms with Gasteiger partial charge in [-0.2, -0.15) is 0 Å². The number of benzene rings is 1. The monoisotopic (exact) mass is 248 g/mol. The molecule has 0 fully saturated rings. The summed E-state index contributed by atoms with van der Waals surface area (Å²) < 4.78 is 4.79. The van der Waals surface area contributed by atoms with Crippen molar-refractivity contribution in [3.05, 3.63) is 41.0 Å². The lowest BCUT2D eigenvalue weighted by molar-refractivity contribution is -0.142. The van der Waals surface area contributed by atoms with Crippen molar-refractivity contribution >= 4 is 18.0 Å². The van der Waals surface area contributed by atoms with Gasteiger partial charge in [0.05, 0.1) is 18.6 Å². The van der Waals surface area contributed by atoms with E-state index in [2.05, 4.69) is 0 Å². The SMILES string of the molecule is CCOC(=O)CC=Cc1ccc(C(=O)O)cc1C. The van der Waals surface area contributed by atoms with Gasteiger partial charge in [0.15, 0.2) is 0 Å². The molecule has 0 unspecified atom stereocenters. The zero-order valence-electron chi connectivity index (χ0n) is 10.5. The topological polar surface area (TPSA) is 63.6 Å². The number of carbonyl (C=O) groups is 2. The molecule has 0 aliphatic carbocycles. The molecule has 1 rings (SSSR count). The fraction of sp³-hybridized carbons (Fsp3) is 0.286. The molecule has 0 spiro atoms. The first-order chi connectivity index (χ1) is 8.54. The normalized spacial score (nSPS) is 10.6. The van der Waals surface area contributed by atoms with E-state index < -0.39 is 5.97 Å². The van der Waals surface area contributed by atoms with Crippen LogP contribution in [0.4, 0.5) is 0 Å². The van der Waals surface area contributed by atoms with Crippen molar-refractivity contribution in [2.24, 2.45) is 0 Å². The summed E-state index contributed by atoms with van der Waals surface area (Å²) in [4.78, 5) is 21.9. The predicted molar refractivity (Wildman–Crippen MR) is 68.4 cm³/mol. The van der Waals surface area contributed by atoms with Gasteiger partial charge >= 0.3 is 11.9 Å². The molecule has 0 amide bonds. The Morgan fingerprint density at radius 2 is 2.11 bits per heavy atom.